The molecule has 0 atom stereocenters. The number of ether oxygens (including phenoxy) is 2. The Morgan fingerprint density at radius 1 is 1.31 bits per heavy atom. The number of halogens is 2. The molecule has 0 bridgehead atoms. The van der Waals surface area contributed by atoms with Gasteiger partial charge < -0.3 is 9.47 Å². The molecular formula is C9H10F2O2. The molecule has 0 amide bonds. The zero-order chi connectivity index (χ0) is 9.84. The van der Waals surface area contributed by atoms with E-state index in [4.69, 9.17) is 4.74 Å². The van der Waals surface area contributed by atoms with Crippen molar-refractivity contribution in [1.82, 2.24) is 0 Å². The van der Waals surface area contributed by atoms with Gasteiger partial charge in [0.25, 0.3) is 0 Å². The lowest BCUT2D eigenvalue weighted by molar-refractivity contribution is 0.0472. The number of methoxy groups -OCH3 is 1. The minimum absolute atomic E-state index is 0.0955. The van der Waals surface area contributed by atoms with Gasteiger partial charge in [0.15, 0.2) is 18.4 Å². The SMILES string of the molecule is COCOc1c(C)ccc(F)c1F. The fourth-order valence-electron chi connectivity index (χ4n) is 0.924. The Kier molecular flexibility index (Phi) is 3.19. The lowest BCUT2D eigenvalue weighted by Crippen LogP contribution is -2.03. The van der Waals surface area contributed by atoms with E-state index in [1.165, 1.54) is 13.2 Å². The molecule has 0 radical (unpaired) electrons. The Balaban J connectivity index is 2.96. The summed E-state index contributed by atoms with van der Waals surface area (Å²) in [6.07, 6.45) is 0. The molecule has 72 valence electrons. The smallest absolute Gasteiger partial charge is 0.201 e. The van der Waals surface area contributed by atoms with E-state index in [2.05, 4.69) is 4.74 Å². The summed E-state index contributed by atoms with van der Waals surface area (Å²) in [6, 6.07) is 2.51. The normalized spacial score (nSPS) is 10.2. The van der Waals surface area contributed by atoms with Crippen molar-refractivity contribution >= 4 is 0 Å². The van der Waals surface area contributed by atoms with Gasteiger partial charge in [-0.2, -0.15) is 4.39 Å². The van der Waals surface area contributed by atoms with Crippen molar-refractivity contribution in [1.29, 1.82) is 0 Å². The van der Waals surface area contributed by atoms with Gasteiger partial charge in [-0.3, -0.25) is 0 Å². The number of hydrogen-bond acceptors (Lipinski definition) is 2. The summed E-state index contributed by atoms with van der Waals surface area (Å²) >= 11 is 0. The van der Waals surface area contributed by atoms with E-state index in [1.54, 1.807) is 6.92 Å². The Morgan fingerprint density at radius 2 is 2.00 bits per heavy atom. The second-order valence-corrected chi connectivity index (χ2v) is 2.56. The second kappa shape index (κ2) is 4.18. The average molecular weight is 188 g/mol. The van der Waals surface area contributed by atoms with E-state index in [-0.39, 0.29) is 12.5 Å². The topological polar surface area (TPSA) is 18.5 Å². The first-order valence-electron chi connectivity index (χ1n) is 3.73. The summed E-state index contributed by atoms with van der Waals surface area (Å²) in [5, 5.41) is 0. The van der Waals surface area contributed by atoms with Gasteiger partial charge in [0.05, 0.1) is 0 Å². The highest BCUT2D eigenvalue weighted by Gasteiger charge is 2.11. The molecule has 0 fully saturated rings. The van der Waals surface area contributed by atoms with Crippen LogP contribution in [-0.2, 0) is 4.74 Å². The molecule has 0 aromatic heterocycles. The Bertz CT molecular complexity index is 300. The van der Waals surface area contributed by atoms with Crippen LogP contribution in [0.4, 0.5) is 8.78 Å². The molecule has 0 unspecified atom stereocenters. The largest absolute Gasteiger partial charge is 0.464 e. The van der Waals surface area contributed by atoms with E-state index in [0.717, 1.165) is 6.07 Å². The van der Waals surface area contributed by atoms with Crippen LogP contribution in [0, 0.1) is 18.6 Å². The molecule has 0 N–H and O–H groups in total. The summed E-state index contributed by atoms with van der Waals surface area (Å²) in [5.41, 5.74) is 0.538. The fourth-order valence-corrected chi connectivity index (χ4v) is 0.924. The molecule has 1 aromatic carbocycles. The minimum atomic E-state index is -0.975. The van der Waals surface area contributed by atoms with Crippen LogP contribution in [-0.4, -0.2) is 13.9 Å². The van der Waals surface area contributed by atoms with Crippen molar-refractivity contribution in [2.45, 2.75) is 6.92 Å². The molecule has 0 aliphatic heterocycles. The molecule has 1 aromatic rings. The molecule has 0 heterocycles. The molecule has 2 nitrogen and oxygen atoms in total. The Hall–Kier alpha value is -1.16. The molecule has 0 saturated heterocycles. The van der Waals surface area contributed by atoms with Crippen molar-refractivity contribution in [3.63, 3.8) is 0 Å². The zero-order valence-electron chi connectivity index (χ0n) is 7.43. The van der Waals surface area contributed by atoms with E-state index < -0.39 is 11.6 Å². The maximum atomic E-state index is 13.0. The highest BCUT2D eigenvalue weighted by Crippen LogP contribution is 2.24. The highest BCUT2D eigenvalue weighted by molar-refractivity contribution is 5.34. The molecule has 1 rings (SSSR count). The van der Waals surface area contributed by atoms with Gasteiger partial charge in [-0.1, -0.05) is 6.07 Å². The number of aryl methyl sites for hydroxylation is 1. The first-order valence-corrected chi connectivity index (χ1v) is 3.73. The molecule has 4 heteroatoms. The quantitative estimate of drug-likeness (QED) is 0.677. The Labute approximate surface area is 75.1 Å². The van der Waals surface area contributed by atoms with Crippen LogP contribution in [0.25, 0.3) is 0 Å². The van der Waals surface area contributed by atoms with E-state index in [0.29, 0.717) is 5.56 Å². The monoisotopic (exact) mass is 188 g/mol. The molecule has 0 aliphatic rings. The van der Waals surface area contributed by atoms with Crippen LogP contribution in [0.5, 0.6) is 5.75 Å². The number of benzene rings is 1. The second-order valence-electron chi connectivity index (χ2n) is 2.56. The first-order chi connectivity index (χ1) is 6.16. The van der Waals surface area contributed by atoms with Gasteiger partial charge in [0.2, 0.25) is 5.82 Å². The maximum Gasteiger partial charge on any atom is 0.201 e. The lowest BCUT2D eigenvalue weighted by atomic mass is 10.2. The van der Waals surface area contributed by atoms with Gasteiger partial charge in [-0.25, -0.2) is 4.39 Å². The molecule has 13 heavy (non-hydrogen) atoms. The van der Waals surface area contributed by atoms with Crippen LogP contribution in [0.15, 0.2) is 12.1 Å². The molecule has 0 saturated carbocycles. The van der Waals surface area contributed by atoms with E-state index >= 15 is 0 Å². The van der Waals surface area contributed by atoms with E-state index in [1.807, 2.05) is 0 Å². The minimum Gasteiger partial charge on any atom is -0.464 e. The van der Waals surface area contributed by atoms with Crippen LogP contribution in [0.3, 0.4) is 0 Å². The number of hydrogen-bond donors (Lipinski definition) is 0. The van der Waals surface area contributed by atoms with Crippen LogP contribution < -0.4 is 4.74 Å². The van der Waals surface area contributed by atoms with Crippen molar-refractivity contribution in [3.05, 3.63) is 29.3 Å². The first kappa shape index (κ1) is 9.92. The Morgan fingerprint density at radius 3 is 2.62 bits per heavy atom. The summed E-state index contributed by atoms with van der Waals surface area (Å²) in [4.78, 5) is 0. The third-order valence-electron chi connectivity index (χ3n) is 1.57. The van der Waals surface area contributed by atoms with Gasteiger partial charge >= 0.3 is 0 Å². The van der Waals surface area contributed by atoms with Gasteiger partial charge in [-0.15, -0.1) is 0 Å². The molecular weight excluding hydrogens is 178 g/mol. The van der Waals surface area contributed by atoms with Gasteiger partial charge in [-0.05, 0) is 18.6 Å². The van der Waals surface area contributed by atoms with Crippen LogP contribution in [0.2, 0.25) is 0 Å². The summed E-state index contributed by atoms with van der Waals surface area (Å²) in [5.74, 6) is -1.99. The summed E-state index contributed by atoms with van der Waals surface area (Å²) < 4.78 is 35.2. The van der Waals surface area contributed by atoms with Crippen molar-refractivity contribution in [3.8, 4) is 5.75 Å². The van der Waals surface area contributed by atoms with E-state index in [9.17, 15) is 8.78 Å². The maximum absolute atomic E-state index is 13.0. The molecule has 0 spiro atoms. The predicted octanol–water partition coefficient (Wildman–Crippen LogP) is 2.26. The van der Waals surface area contributed by atoms with Crippen LogP contribution in [0.1, 0.15) is 5.56 Å². The van der Waals surface area contributed by atoms with Crippen LogP contribution >= 0.6 is 0 Å². The summed E-state index contributed by atoms with van der Waals surface area (Å²) in [6.45, 7) is 1.54. The highest BCUT2D eigenvalue weighted by atomic mass is 19.2. The third kappa shape index (κ3) is 2.15. The fraction of sp³-hybridized carbons (Fsp3) is 0.333. The average Bonchev–Trinajstić information content (AvgIpc) is 2.12. The molecule has 0 aliphatic carbocycles. The van der Waals surface area contributed by atoms with Gasteiger partial charge in [0, 0.05) is 7.11 Å². The van der Waals surface area contributed by atoms with Crippen molar-refractivity contribution in [2.75, 3.05) is 13.9 Å². The van der Waals surface area contributed by atoms with Gasteiger partial charge in [0.1, 0.15) is 0 Å². The van der Waals surface area contributed by atoms with Crippen molar-refractivity contribution in [2.24, 2.45) is 0 Å². The third-order valence-corrected chi connectivity index (χ3v) is 1.57. The number of rotatable bonds is 3. The predicted molar refractivity (Wildman–Crippen MR) is 43.6 cm³/mol. The van der Waals surface area contributed by atoms with Crippen molar-refractivity contribution < 1.29 is 18.3 Å². The lowest BCUT2D eigenvalue weighted by Gasteiger charge is -2.08. The zero-order valence-corrected chi connectivity index (χ0v) is 7.43. The standard InChI is InChI=1S/C9H10F2O2/c1-6-3-4-7(10)8(11)9(6)13-5-12-2/h3-4H,5H2,1-2H3. The summed E-state index contributed by atoms with van der Waals surface area (Å²) in [7, 11) is 1.41.